The quantitative estimate of drug-likeness (QED) is 0.735. The second kappa shape index (κ2) is 3.68. The van der Waals surface area contributed by atoms with Gasteiger partial charge in [-0.1, -0.05) is 36.4 Å². The summed E-state index contributed by atoms with van der Waals surface area (Å²) in [5.41, 5.74) is 1.75. The van der Waals surface area contributed by atoms with Gasteiger partial charge in [0.15, 0.2) is 0 Å². The third kappa shape index (κ3) is 1.56. The van der Waals surface area contributed by atoms with Crippen molar-refractivity contribution in [3.8, 4) is 0 Å². The van der Waals surface area contributed by atoms with E-state index in [1.165, 1.54) is 0 Å². The summed E-state index contributed by atoms with van der Waals surface area (Å²) in [6.07, 6.45) is 5.25. The lowest BCUT2D eigenvalue weighted by molar-refractivity contribution is 1.09. The Labute approximate surface area is 87.5 Å². The van der Waals surface area contributed by atoms with Crippen LogP contribution in [0.2, 0.25) is 5.02 Å². The van der Waals surface area contributed by atoms with Crippen LogP contribution in [0.1, 0.15) is 5.56 Å². The highest BCUT2D eigenvalue weighted by molar-refractivity contribution is 6.32. The zero-order valence-electron chi connectivity index (χ0n) is 7.52. The molecule has 0 unspecified atom stereocenters. The van der Waals surface area contributed by atoms with Crippen LogP contribution in [0, 0.1) is 0 Å². The van der Waals surface area contributed by atoms with E-state index in [0.717, 1.165) is 11.3 Å². The molecule has 2 rings (SSSR count). The fourth-order valence-corrected chi connectivity index (χ4v) is 1.50. The average molecular weight is 205 g/mol. The Balaban J connectivity index is 2.42. The lowest BCUT2D eigenvalue weighted by atomic mass is 10.2. The van der Waals surface area contributed by atoms with E-state index < -0.39 is 0 Å². The molecule has 0 spiro atoms. The second-order valence-corrected chi connectivity index (χ2v) is 3.30. The molecule has 14 heavy (non-hydrogen) atoms. The molecule has 0 saturated carbocycles. The summed E-state index contributed by atoms with van der Waals surface area (Å²) in [4.78, 5) is 3.96. The smallest absolute Gasteiger partial charge is 0.0991 e. The summed E-state index contributed by atoms with van der Waals surface area (Å²) < 4.78 is 1.83. The predicted octanol–water partition coefficient (Wildman–Crippen LogP) is 3.06. The van der Waals surface area contributed by atoms with Crippen LogP contribution in [0.3, 0.4) is 0 Å². The molecule has 0 aliphatic carbocycles. The monoisotopic (exact) mass is 204 g/mol. The first kappa shape index (κ1) is 9.03. The van der Waals surface area contributed by atoms with Crippen molar-refractivity contribution in [3.05, 3.63) is 60.2 Å². The molecule has 0 fully saturated rings. The molecule has 2 nitrogen and oxygen atoms in total. The van der Waals surface area contributed by atoms with E-state index in [1.807, 2.05) is 35.0 Å². The third-order valence-corrected chi connectivity index (χ3v) is 2.33. The van der Waals surface area contributed by atoms with Gasteiger partial charge in [0.05, 0.1) is 6.33 Å². The van der Waals surface area contributed by atoms with E-state index in [4.69, 9.17) is 11.6 Å². The van der Waals surface area contributed by atoms with Gasteiger partial charge < -0.3 is 4.57 Å². The number of rotatable bonds is 2. The van der Waals surface area contributed by atoms with Gasteiger partial charge in [0.25, 0.3) is 0 Å². The van der Waals surface area contributed by atoms with Crippen molar-refractivity contribution in [2.45, 2.75) is 0 Å². The normalized spacial score (nSPS) is 10.1. The number of imidazole rings is 1. The molecule has 2 aromatic rings. The summed E-state index contributed by atoms with van der Waals surface area (Å²) >= 11 is 6.04. The van der Waals surface area contributed by atoms with Crippen molar-refractivity contribution in [1.82, 2.24) is 9.55 Å². The maximum absolute atomic E-state index is 6.04. The van der Waals surface area contributed by atoms with Gasteiger partial charge in [-0.25, -0.2) is 4.98 Å². The molecule has 1 aromatic carbocycles. The Bertz CT molecular complexity index is 446. The minimum absolute atomic E-state index is 0.700. The van der Waals surface area contributed by atoms with Gasteiger partial charge in [-0.05, 0) is 6.07 Å². The second-order valence-electron chi connectivity index (χ2n) is 2.90. The first-order valence-electron chi connectivity index (χ1n) is 4.21. The van der Waals surface area contributed by atoms with Gasteiger partial charge in [-0.15, -0.1) is 0 Å². The molecular formula is C11H9ClN2. The molecule has 3 heteroatoms. The Morgan fingerprint density at radius 1 is 1.36 bits per heavy atom. The summed E-state index contributed by atoms with van der Waals surface area (Å²) in [7, 11) is 0. The van der Waals surface area contributed by atoms with Gasteiger partial charge in [0.2, 0.25) is 0 Å². The van der Waals surface area contributed by atoms with Crippen LogP contribution in [0.25, 0.3) is 5.70 Å². The van der Waals surface area contributed by atoms with Crippen LogP contribution >= 0.6 is 11.6 Å². The fourth-order valence-electron chi connectivity index (χ4n) is 1.25. The van der Waals surface area contributed by atoms with Crippen molar-refractivity contribution < 1.29 is 0 Å². The van der Waals surface area contributed by atoms with Crippen LogP contribution in [0.15, 0.2) is 49.6 Å². The molecule has 0 aliphatic heterocycles. The highest BCUT2D eigenvalue weighted by atomic mass is 35.5. The molecule has 0 aliphatic rings. The van der Waals surface area contributed by atoms with Crippen LogP contribution in [-0.4, -0.2) is 9.55 Å². The maximum Gasteiger partial charge on any atom is 0.0991 e. The standard InChI is InChI=1S/C11H9ClN2/c1-9(14-7-6-13-8-14)10-4-2-3-5-11(10)12/h2-8H,1H2. The molecule has 0 saturated heterocycles. The zero-order chi connectivity index (χ0) is 9.97. The first-order chi connectivity index (χ1) is 6.79. The van der Waals surface area contributed by atoms with Crippen molar-refractivity contribution in [2.75, 3.05) is 0 Å². The van der Waals surface area contributed by atoms with Crippen molar-refractivity contribution in [3.63, 3.8) is 0 Å². The third-order valence-electron chi connectivity index (χ3n) is 2.00. The number of hydrogen-bond acceptors (Lipinski definition) is 1. The highest BCUT2D eigenvalue weighted by Crippen LogP contribution is 2.23. The van der Waals surface area contributed by atoms with E-state index in [1.54, 1.807) is 12.5 Å². The fraction of sp³-hybridized carbons (Fsp3) is 0. The summed E-state index contributed by atoms with van der Waals surface area (Å²) in [6, 6.07) is 7.61. The molecule has 1 aromatic heterocycles. The van der Waals surface area contributed by atoms with Crippen molar-refractivity contribution in [1.29, 1.82) is 0 Å². The number of nitrogens with zero attached hydrogens (tertiary/aromatic N) is 2. The van der Waals surface area contributed by atoms with Crippen LogP contribution in [-0.2, 0) is 0 Å². The van der Waals surface area contributed by atoms with Gasteiger partial charge >= 0.3 is 0 Å². The maximum atomic E-state index is 6.04. The van der Waals surface area contributed by atoms with Crippen LogP contribution in [0.5, 0.6) is 0 Å². The molecule has 0 radical (unpaired) electrons. The largest absolute Gasteiger partial charge is 0.306 e. The Hall–Kier alpha value is -1.54. The van der Waals surface area contributed by atoms with E-state index >= 15 is 0 Å². The zero-order valence-corrected chi connectivity index (χ0v) is 8.28. The summed E-state index contributed by atoms with van der Waals surface area (Å²) in [6.45, 7) is 3.97. The van der Waals surface area contributed by atoms with Crippen molar-refractivity contribution in [2.24, 2.45) is 0 Å². The van der Waals surface area contributed by atoms with Gasteiger partial charge in [0, 0.05) is 28.7 Å². The summed E-state index contributed by atoms with van der Waals surface area (Å²) in [5, 5.41) is 0.700. The Morgan fingerprint density at radius 2 is 2.14 bits per heavy atom. The van der Waals surface area contributed by atoms with Gasteiger partial charge in [-0.3, -0.25) is 0 Å². The highest BCUT2D eigenvalue weighted by Gasteiger charge is 2.04. The predicted molar refractivity (Wildman–Crippen MR) is 58.1 cm³/mol. The van der Waals surface area contributed by atoms with Gasteiger partial charge in [0.1, 0.15) is 0 Å². The number of hydrogen-bond donors (Lipinski definition) is 0. The van der Waals surface area contributed by atoms with Gasteiger partial charge in [-0.2, -0.15) is 0 Å². The van der Waals surface area contributed by atoms with Crippen molar-refractivity contribution >= 4 is 17.3 Å². The topological polar surface area (TPSA) is 17.8 Å². The molecule has 0 N–H and O–H groups in total. The molecule has 70 valence electrons. The van der Waals surface area contributed by atoms with E-state index in [0.29, 0.717) is 5.02 Å². The number of halogens is 1. The Kier molecular flexibility index (Phi) is 2.37. The lowest BCUT2D eigenvalue weighted by Crippen LogP contribution is -1.94. The molecule has 0 atom stereocenters. The SMILES string of the molecule is C=C(c1ccccc1Cl)n1ccnc1. The van der Waals surface area contributed by atoms with Crippen LogP contribution < -0.4 is 0 Å². The molecule has 0 bridgehead atoms. The number of aromatic nitrogens is 2. The van der Waals surface area contributed by atoms with Crippen LogP contribution in [0.4, 0.5) is 0 Å². The minimum atomic E-state index is 0.700. The first-order valence-corrected chi connectivity index (χ1v) is 4.59. The van der Waals surface area contributed by atoms with E-state index in [2.05, 4.69) is 11.6 Å². The minimum Gasteiger partial charge on any atom is -0.306 e. The molecule has 1 heterocycles. The Morgan fingerprint density at radius 3 is 2.79 bits per heavy atom. The molecule has 0 amide bonds. The van der Waals surface area contributed by atoms with E-state index in [-0.39, 0.29) is 0 Å². The lowest BCUT2D eigenvalue weighted by Gasteiger charge is -2.07. The number of benzene rings is 1. The van der Waals surface area contributed by atoms with E-state index in [9.17, 15) is 0 Å². The average Bonchev–Trinajstić information content (AvgIpc) is 2.70. The summed E-state index contributed by atoms with van der Waals surface area (Å²) in [5.74, 6) is 0. The molecular weight excluding hydrogens is 196 g/mol.